The first-order valence-corrected chi connectivity index (χ1v) is 9.73. The van der Waals surface area contributed by atoms with Crippen molar-refractivity contribution < 1.29 is 29.3 Å². The van der Waals surface area contributed by atoms with Gasteiger partial charge in [-0.3, -0.25) is 0 Å². The molecule has 0 fully saturated rings. The Labute approximate surface area is 178 Å². The summed E-state index contributed by atoms with van der Waals surface area (Å²) >= 11 is 0. The highest BCUT2D eigenvalue weighted by Gasteiger charge is 2.09. The maximum absolute atomic E-state index is 11.1. The molecule has 0 heterocycles. The number of carboxylic acid groups (broad SMARTS) is 2. The molecule has 4 aromatic carbocycles. The monoisotopic (exact) mass is 416 g/mol. The summed E-state index contributed by atoms with van der Waals surface area (Å²) in [6, 6.07) is 20.9. The van der Waals surface area contributed by atoms with Crippen LogP contribution in [-0.2, 0) is 0 Å². The van der Waals surface area contributed by atoms with Gasteiger partial charge in [0.05, 0.1) is 11.1 Å². The lowest BCUT2D eigenvalue weighted by molar-refractivity contribution is 0.0686. The number of carbonyl (C=O) groups is 2. The van der Waals surface area contributed by atoms with E-state index in [0.717, 1.165) is 21.5 Å². The molecule has 6 heteroatoms. The molecule has 0 aromatic heterocycles. The Morgan fingerprint density at radius 1 is 0.710 bits per heavy atom. The number of hydrogen-bond donors (Lipinski definition) is 2. The summed E-state index contributed by atoms with van der Waals surface area (Å²) in [6.07, 6.45) is -0.221. The lowest BCUT2D eigenvalue weighted by Crippen LogP contribution is -2.21. The summed E-state index contributed by atoms with van der Waals surface area (Å²) in [5.41, 5.74) is 0.496. The van der Waals surface area contributed by atoms with Crippen LogP contribution < -0.4 is 9.47 Å². The number of hydrogen-bond acceptors (Lipinski definition) is 4. The standard InChI is InChI=1S/C25H20O6/c1-15(31-23-9-7-17-11-21(25(28)29)5-3-19(17)13-23)14-30-22-8-6-16-10-20(24(26)27)4-2-18(16)12-22/h2-13,15H,14H2,1H3,(H,26,27)(H,28,29). The van der Waals surface area contributed by atoms with Crippen molar-refractivity contribution in [3.8, 4) is 11.5 Å². The fourth-order valence-corrected chi connectivity index (χ4v) is 3.36. The van der Waals surface area contributed by atoms with Crippen LogP contribution in [0.3, 0.4) is 0 Å². The van der Waals surface area contributed by atoms with E-state index < -0.39 is 11.9 Å². The molecule has 0 aliphatic heterocycles. The van der Waals surface area contributed by atoms with Crippen molar-refractivity contribution in [2.45, 2.75) is 13.0 Å². The topological polar surface area (TPSA) is 93.1 Å². The lowest BCUT2D eigenvalue weighted by Gasteiger charge is -2.16. The zero-order valence-electron chi connectivity index (χ0n) is 16.7. The first-order chi connectivity index (χ1) is 14.9. The second kappa shape index (κ2) is 8.36. The number of benzene rings is 4. The molecule has 0 saturated carbocycles. The minimum Gasteiger partial charge on any atom is -0.490 e. The van der Waals surface area contributed by atoms with E-state index >= 15 is 0 Å². The van der Waals surface area contributed by atoms with Gasteiger partial charge in [0.1, 0.15) is 24.2 Å². The largest absolute Gasteiger partial charge is 0.490 e. The van der Waals surface area contributed by atoms with Crippen LogP contribution in [0, 0.1) is 0 Å². The van der Waals surface area contributed by atoms with Crippen LogP contribution >= 0.6 is 0 Å². The van der Waals surface area contributed by atoms with Crippen molar-refractivity contribution in [3.63, 3.8) is 0 Å². The summed E-state index contributed by atoms with van der Waals surface area (Å²) in [7, 11) is 0. The fourth-order valence-electron chi connectivity index (χ4n) is 3.36. The molecule has 4 aromatic rings. The molecule has 0 saturated heterocycles. The average molecular weight is 416 g/mol. The van der Waals surface area contributed by atoms with Gasteiger partial charge in [0.15, 0.2) is 0 Å². The summed E-state index contributed by atoms with van der Waals surface area (Å²) in [6.45, 7) is 2.23. The van der Waals surface area contributed by atoms with Gasteiger partial charge in [0, 0.05) is 0 Å². The molecule has 0 bridgehead atoms. The van der Waals surface area contributed by atoms with E-state index in [-0.39, 0.29) is 17.2 Å². The van der Waals surface area contributed by atoms with E-state index in [1.165, 1.54) is 0 Å². The summed E-state index contributed by atoms with van der Waals surface area (Å²) in [5.74, 6) is -0.564. The Hall–Kier alpha value is -4.06. The maximum atomic E-state index is 11.1. The zero-order valence-corrected chi connectivity index (χ0v) is 16.7. The quantitative estimate of drug-likeness (QED) is 0.428. The first kappa shape index (κ1) is 20.2. The summed E-state index contributed by atoms with van der Waals surface area (Å²) in [4.78, 5) is 22.2. The highest BCUT2D eigenvalue weighted by Crippen LogP contribution is 2.25. The molecule has 4 rings (SSSR count). The van der Waals surface area contributed by atoms with Crippen molar-refractivity contribution in [2.24, 2.45) is 0 Å². The number of aromatic carboxylic acids is 2. The van der Waals surface area contributed by atoms with Gasteiger partial charge in [0.25, 0.3) is 0 Å². The molecule has 6 nitrogen and oxygen atoms in total. The van der Waals surface area contributed by atoms with Crippen molar-refractivity contribution in [1.82, 2.24) is 0 Å². The van der Waals surface area contributed by atoms with Gasteiger partial charge in [-0.05, 0) is 77.0 Å². The van der Waals surface area contributed by atoms with Crippen LogP contribution in [0.15, 0.2) is 72.8 Å². The Balaban J connectivity index is 1.41. The zero-order chi connectivity index (χ0) is 22.0. The fraction of sp³-hybridized carbons (Fsp3) is 0.120. The average Bonchev–Trinajstić information content (AvgIpc) is 2.76. The molecule has 0 aliphatic rings. The smallest absolute Gasteiger partial charge is 0.335 e. The van der Waals surface area contributed by atoms with Crippen LogP contribution in [0.5, 0.6) is 11.5 Å². The summed E-state index contributed by atoms with van der Waals surface area (Å²) < 4.78 is 11.8. The predicted molar refractivity (Wildman–Crippen MR) is 117 cm³/mol. The van der Waals surface area contributed by atoms with Crippen LogP contribution in [0.2, 0.25) is 0 Å². The van der Waals surface area contributed by atoms with E-state index in [1.54, 1.807) is 48.5 Å². The van der Waals surface area contributed by atoms with Crippen LogP contribution in [0.1, 0.15) is 27.6 Å². The van der Waals surface area contributed by atoms with Crippen LogP contribution in [0.25, 0.3) is 21.5 Å². The minimum atomic E-state index is -0.955. The number of ether oxygens (including phenoxy) is 2. The Kier molecular flexibility index (Phi) is 5.45. The molecule has 1 unspecified atom stereocenters. The second-order valence-corrected chi connectivity index (χ2v) is 7.30. The Morgan fingerprint density at radius 2 is 1.16 bits per heavy atom. The normalized spacial score (nSPS) is 11.9. The predicted octanol–water partition coefficient (Wildman–Crippen LogP) is 5.24. The van der Waals surface area contributed by atoms with E-state index in [4.69, 9.17) is 19.7 Å². The van der Waals surface area contributed by atoms with Gasteiger partial charge in [-0.25, -0.2) is 9.59 Å². The number of fused-ring (bicyclic) bond motifs is 2. The lowest BCUT2D eigenvalue weighted by atomic mass is 10.1. The SMILES string of the molecule is CC(COc1ccc2cc(C(=O)O)ccc2c1)Oc1ccc2cc(C(=O)O)ccc2c1. The maximum Gasteiger partial charge on any atom is 0.335 e. The third kappa shape index (κ3) is 4.59. The Bertz CT molecular complexity index is 1290. The van der Waals surface area contributed by atoms with Gasteiger partial charge in [-0.15, -0.1) is 0 Å². The van der Waals surface area contributed by atoms with E-state index in [9.17, 15) is 9.59 Å². The van der Waals surface area contributed by atoms with Crippen molar-refractivity contribution in [2.75, 3.05) is 6.61 Å². The van der Waals surface area contributed by atoms with Crippen LogP contribution in [0.4, 0.5) is 0 Å². The van der Waals surface area contributed by atoms with Gasteiger partial charge in [0.2, 0.25) is 0 Å². The highest BCUT2D eigenvalue weighted by atomic mass is 16.5. The Morgan fingerprint density at radius 3 is 1.71 bits per heavy atom. The third-order valence-electron chi connectivity index (χ3n) is 4.94. The molecule has 0 amide bonds. The van der Waals surface area contributed by atoms with Gasteiger partial charge in [-0.2, -0.15) is 0 Å². The molecular weight excluding hydrogens is 396 g/mol. The summed E-state index contributed by atoms with van der Waals surface area (Å²) in [5, 5.41) is 21.7. The number of carboxylic acids is 2. The van der Waals surface area contributed by atoms with Gasteiger partial charge < -0.3 is 19.7 Å². The molecule has 31 heavy (non-hydrogen) atoms. The molecule has 0 radical (unpaired) electrons. The van der Waals surface area contributed by atoms with Crippen molar-refractivity contribution >= 4 is 33.5 Å². The van der Waals surface area contributed by atoms with Gasteiger partial charge in [-0.1, -0.05) is 24.3 Å². The second-order valence-electron chi connectivity index (χ2n) is 7.30. The highest BCUT2D eigenvalue weighted by molar-refractivity contribution is 5.95. The van der Waals surface area contributed by atoms with E-state index in [0.29, 0.717) is 18.1 Å². The molecular formula is C25H20O6. The van der Waals surface area contributed by atoms with Crippen molar-refractivity contribution in [3.05, 3.63) is 83.9 Å². The molecule has 0 aliphatic carbocycles. The molecule has 0 spiro atoms. The van der Waals surface area contributed by atoms with E-state index in [1.807, 2.05) is 31.2 Å². The minimum absolute atomic E-state index is 0.221. The van der Waals surface area contributed by atoms with Crippen LogP contribution in [-0.4, -0.2) is 34.9 Å². The molecule has 156 valence electrons. The number of rotatable bonds is 7. The molecule has 2 N–H and O–H groups in total. The van der Waals surface area contributed by atoms with Crippen molar-refractivity contribution in [1.29, 1.82) is 0 Å². The van der Waals surface area contributed by atoms with E-state index in [2.05, 4.69) is 0 Å². The van der Waals surface area contributed by atoms with Gasteiger partial charge >= 0.3 is 11.9 Å². The molecule has 1 atom stereocenters. The third-order valence-corrected chi connectivity index (χ3v) is 4.94. The first-order valence-electron chi connectivity index (χ1n) is 9.73.